The molecular formula is C12H18N2O5S. The zero-order chi connectivity index (χ0) is 15.3. The van der Waals surface area contributed by atoms with E-state index in [0.29, 0.717) is 11.5 Å². The van der Waals surface area contributed by atoms with Crippen LogP contribution in [0, 0.1) is 0 Å². The molecule has 0 aliphatic carbocycles. The minimum atomic E-state index is -3.64. The van der Waals surface area contributed by atoms with E-state index in [1.165, 1.54) is 27.3 Å². The van der Waals surface area contributed by atoms with Crippen LogP contribution in [0.15, 0.2) is 18.2 Å². The Bertz CT molecular complexity index is 586. The van der Waals surface area contributed by atoms with Crippen molar-refractivity contribution in [3.05, 3.63) is 18.2 Å². The Morgan fingerprint density at radius 1 is 1.30 bits per heavy atom. The summed E-state index contributed by atoms with van der Waals surface area (Å²) in [6.07, 6.45) is 1.02. The van der Waals surface area contributed by atoms with Crippen LogP contribution in [0.5, 0.6) is 11.5 Å². The summed E-state index contributed by atoms with van der Waals surface area (Å²) in [6, 6.07) is 4.72. The molecule has 0 heterocycles. The molecule has 0 saturated carbocycles. The van der Waals surface area contributed by atoms with E-state index in [2.05, 4.69) is 5.32 Å². The second-order valence-corrected chi connectivity index (χ2v) is 5.89. The van der Waals surface area contributed by atoms with Crippen LogP contribution < -0.4 is 19.1 Å². The van der Waals surface area contributed by atoms with Crippen molar-refractivity contribution in [2.24, 2.45) is 0 Å². The van der Waals surface area contributed by atoms with Gasteiger partial charge in [0.25, 0.3) is 0 Å². The number of hydrogen-bond donors (Lipinski definition) is 1. The van der Waals surface area contributed by atoms with Crippen LogP contribution in [-0.4, -0.2) is 48.4 Å². The highest BCUT2D eigenvalue weighted by molar-refractivity contribution is 7.92. The number of sulfonamides is 1. The smallest absolute Gasteiger partial charge is 0.240 e. The third-order valence-corrected chi connectivity index (χ3v) is 3.75. The maximum Gasteiger partial charge on any atom is 0.240 e. The number of nitrogens with zero attached hydrogens (tertiary/aromatic N) is 1. The van der Waals surface area contributed by atoms with E-state index in [0.717, 1.165) is 10.6 Å². The van der Waals surface area contributed by atoms with Gasteiger partial charge in [-0.05, 0) is 12.1 Å². The molecule has 0 aliphatic rings. The van der Waals surface area contributed by atoms with E-state index in [9.17, 15) is 13.2 Å². The average molecular weight is 302 g/mol. The summed E-state index contributed by atoms with van der Waals surface area (Å²) < 4.78 is 35.0. The van der Waals surface area contributed by atoms with Gasteiger partial charge >= 0.3 is 0 Å². The molecule has 0 bridgehead atoms. The summed E-state index contributed by atoms with van der Waals surface area (Å²) in [5.74, 6) is 0.367. The Balaban J connectivity index is 3.35. The SMILES string of the molecule is CNC(=O)CN(c1cc(OC)ccc1OC)S(C)(=O)=O. The standard InChI is InChI=1S/C12H18N2O5S/c1-13-12(15)8-14(20(4,16)17)10-7-9(18-2)5-6-11(10)19-3/h5-7H,8H2,1-4H3,(H,13,15). The van der Waals surface area contributed by atoms with Crippen molar-refractivity contribution in [3.8, 4) is 11.5 Å². The lowest BCUT2D eigenvalue weighted by molar-refractivity contribution is -0.119. The molecular weight excluding hydrogens is 284 g/mol. The third-order valence-electron chi connectivity index (χ3n) is 2.62. The van der Waals surface area contributed by atoms with Crippen molar-refractivity contribution < 1.29 is 22.7 Å². The molecule has 20 heavy (non-hydrogen) atoms. The van der Waals surface area contributed by atoms with Crippen molar-refractivity contribution in [3.63, 3.8) is 0 Å². The molecule has 1 N–H and O–H groups in total. The number of ether oxygens (including phenoxy) is 2. The topological polar surface area (TPSA) is 84.9 Å². The minimum Gasteiger partial charge on any atom is -0.497 e. The van der Waals surface area contributed by atoms with Gasteiger partial charge in [0.1, 0.15) is 18.0 Å². The Morgan fingerprint density at radius 3 is 2.40 bits per heavy atom. The summed E-state index contributed by atoms with van der Waals surface area (Å²) in [7, 11) is 0.682. The van der Waals surface area contributed by atoms with E-state index in [1.54, 1.807) is 12.1 Å². The van der Waals surface area contributed by atoms with E-state index >= 15 is 0 Å². The highest BCUT2D eigenvalue weighted by atomic mass is 32.2. The maximum atomic E-state index is 11.9. The zero-order valence-corrected chi connectivity index (χ0v) is 12.7. The average Bonchev–Trinajstić information content (AvgIpc) is 2.42. The Labute approximate surface area is 118 Å². The first-order valence-electron chi connectivity index (χ1n) is 5.73. The largest absolute Gasteiger partial charge is 0.497 e. The van der Waals surface area contributed by atoms with E-state index in [-0.39, 0.29) is 12.2 Å². The number of likely N-dealkylation sites (N-methyl/N-ethyl adjacent to an activating group) is 1. The fraction of sp³-hybridized carbons (Fsp3) is 0.417. The van der Waals surface area contributed by atoms with Gasteiger partial charge < -0.3 is 14.8 Å². The molecule has 0 saturated heterocycles. The van der Waals surface area contributed by atoms with Gasteiger partial charge in [0.15, 0.2) is 0 Å². The molecule has 1 amide bonds. The van der Waals surface area contributed by atoms with Gasteiger partial charge in [-0.1, -0.05) is 0 Å². The molecule has 0 aromatic heterocycles. The molecule has 8 heteroatoms. The lowest BCUT2D eigenvalue weighted by atomic mass is 10.2. The zero-order valence-electron chi connectivity index (χ0n) is 11.8. The van der Waals surface area contributed by atoms with Crippen molar-refractivity contribution in [2.75, 3.05) is 38.4 Å². The number of amides is 1. The second-order valence-electron chi connectivity index (χ2n) is 3.98. The van der Waals surface area contributed by atoms with Gasteiger partial charge in [-0.15, -0.1) is 0 Å². The van der Waals surface area contributed by atoms with Crippen LogP contribution in [0.25, 0.3) is 0 Å². The fourth-order valence-corrected chi connectivity index (χ4v) is 2.43. The molecule has 7 nitrogen and oxygen atoms in total. The monoisotopic (exact) mass is 302 g/mol. The number of carbonyl (C=O) groups is 1. The van der Waals surface area contributed by atoms with Crippen molar-refractivity contribution in [1.29, 1.82) is 0 Å². The Morgan fingerprint density at radius 2 is 1.95 bits per heavy atom. The summed E-state index contributed by atoms with van der Waals surface area (Å²) in [6.45, 7) is -0.334. The van der Waals surface area contributed by atoms with Gasteiger partial charge in [-0.25, -0.2) is 8.42 Å². The molecule has 0 atom stereocenters. The van der Waals surface area contributed by atoms with Crippen molar-refractivity contribution in [1.82, 2.24) is 5.32 Å². The van der Waals surface area contributed by atoms with Gasteiger partial charge in [-0.2, -0.15) is 0 Å². The predicted molar refractivity (Wildman–Crippen MR) is 75.8 cm³/mol. The van der Waals surface area contributed by atoms with E-state index < -0.39 is 15.9 Å². The molecule has 1 aromatic carbocycles. The summed E-state index contributed by atoms with van der Waals surface area (Å²) in [4.78, 5) is 11.5. The summed E-state index contributed by atoms with van der Waals surface area (Å²) in [5, 5.41) is 2.39. The first-order chi connectivity index (χ1) is 9.33. The summed E-state index contributed by atoms with van der Waals surface area (Å²) in [5.41, 5.74) is 0.248. The maximum absolute atomic E-state index is 11.9. The predicted octanol–water partition coefficient (Wildman–Crippen LogP) is 0.216. The lowest BCUT2D eigenvalue weighted by Gasteiger charge is -2.23. The van der Waals surface area contributed by atoms with Crippen LogP contribution in [0.4, 0.5) is 5.69 Å². The number of nitrogens with one attached hydrogen (secondary N) is 1. The van der Waals surface area contributed by atoms with E-state index in [4.69, 9.17) is 9.47 Å². The molecule has 1 aromatic rings. The first kappa shape index (κ1) is 16.1. The van der Waals surface area contributed by atoms with Crippen LogP contribution in [0.3, 0.4) is 0 Å². The van der Waals surface area contributed by atoms with Crippen LogP contribution in [0.1, 0.15) is 0 Å². The van der Waals surface area contributed by atoms with Crippen LogP contribution in [-0.2, 0) is 14.8 Å². The van der Waals surface area contributed by atoms with E-state index in [1.807, 2.05) is 0 Å². The van der Waals surface area contributed by atoms with Gasteiger partial charge in [0.05, 0.1) is 26.2 Å². The lowest BCUT2D eigenvalue weighted by Crippen LogP contribution is -2.39. The normalized spacial score (nSPS) is 10.8. The van der Waals surface area contributed by atoms with Crippen molar-refractivity contribution >= 4 is 21.6 Å². The van der Waals surface area contributed by atoms with Gasteiger partial charge in [0.2, 0.25) is 15.9 Å². The molecule has 0 radical (unpaired) electrons. The molecule has 0 unspecified atom stereocenters. The highest BCUT2D eigenvalue weighted by Gasteiger charge is 2.24. The van der Waals surface area contributed by atoms with Crippen LogP contribution >= 0.6 is 0 Å². The van der Waals surface area contributed by atoms with Gasteiger partial charge in [0, 0.05) is 13.1 Å². The van der Waals surface area contributed by atoms with Crippen molar-refractivity contribution in [2.45, 2.75) is 0 Å². The molecule has 0 spiro atoms. The molecule has 1 rings (SSSR count). The molecule has 0 fully saturated rings. The number of methoxy groups -OCH3 is 2. The minimum absolute atomic E-state index is 0.248. The number of carbonyl (C=O) groups excluding carboxylic acids is 1. The Kier molecular flexibility index (Phi) is 5.20. The first-order valence-corrected chi connectivity index (χ1v) is 7.58. The third kappa shape index (κ3) is 3.77. The number of hydrogen-bond acceptors (Lipinski definition) is 5. The molecule has 112 valence electrons. The number of benzene rings is 1. The Hall–Kier alpha value is -1.96. The van der Waals surface area contributed by atoms with Crippen LogP contribution in [0.2, 0.25) is 0 Å². The highest BCUT2D eigenvalue weighted by Crippen LogP contribution is 2.33. The number of anilines is 1. The summed E-state index contributed by atoms with van der Waals surface area (Å²) >= 11 is 0. The second kappa shape index (κ2) is 6.47. The number of rotatable bonds is 6. The van der Waals surface area contributed by atoms with Gasteiger partial charge in [-0.3, -0.25) is 9.10 Å². The fourth-order valence-electron chi connectivity index (χ4n) is 1.58. The quantitative estimate of drug-likeness (QED) is 0.812. The molecule has 0 aliphatic heterocycles.